The SMILES string of the molecule is CC1CC2(CCO1)CNc1c(OC(F)(F)F)cccc12. The first-order chi connectivity index (χ1) is 9.40. The van der Waals surface area contributed by atoms with Crippen molar-refractivity contribution in [2.24, 2.45) is 0 Å². The Hall–Kier alpha value is -1.43. The summed E-state index contributed by atoms with van der Waals surface area (Å²) in [5.41, 5.74) is 1.24. The highest BCUT2D eigenvalue weighted by molar-refractivity contribution is 5.68. The van der Waals surface area contributed by atoms with Crippen LogP contribution in [0.15, 0.2) is 18.2 Å². The second kappa shape index (κ2) is 4.55. The predicted octanol–water partition coefficient (Wildman–Crippen LogP) is 3.45. The number of anilines is 1. The fraction of sp³-hybridized carbons (Fsp3) is 0.571. The molecule has 20 heavy (non-hydrogen) atoms. The Kier molecular flexibility index (Phi) is 3.08. The molecule has 0 saturated carbocycles. The number of nitrogens with one attached hydrogen (secondary N) is 1. The molecule has 6 heteroatoms. The van der Waals surface area contributed by atoms with Crippen LogP contribution in [0.3, 0.4) is 0 Å². The van der Waals surface area contributed by atoms with E-state index in [-0.39, 0.29) is 17.3 Å². The summed E-state index contributed by atoms with van der Waals surface area (Å²) in [5, 5.41) is 3.09. The summed E-state index contributed by atoms with van der Waals surface area (Å²) in [6.45, 7) is 3.26. The van der Waals surface area contributed by atoms with E-state index in [1.54, 1.807) is 6.07 Å². The number of rotatable bonds is 1. The molecule has 1 N–H and O–H groups in total. The summed E-state index contributed by atoms with van der Waals surface area (Å²) in [7, 11) is 0. The van der Waals surface area contributed by atoms with E-state index in [0.717, 1.165) is 18.4 Å². The number of benzene rings is 1. The van der Waals surface area contributed by atoms with Crippen LogP contribution in [0.5, 0.6) is 5.75 Å². The third-order valence-electron chi connectivity index (χ3n) is 4.09. The number of hydrogen-bond acceptors (Lipinski definition) is 3. The number of hydrogen-bond donors (Lipinski definition) is 1. The highest BCUT2D eigenvalue weighted by Gasteiger charge is 2.44. The molecule has 1 saturated heterocycles. The molecule has 2 aliphatic heterocycles. The predicted molar refractivity (Wildman–Crippen MR) is 67.9 cm³/mol. The summed E-state index contributed by atoms with van der Waals surface area (Å²) < 4.78 is 47.0. The molecule has 1 fully saturated rings. The van der Waals surface area contributed by atoms with Crippen LogP contribution in [0.2, 0.25) is 0 Å². The van der Waals surface area contributed by atoms with Gasteiger partial charge in [0, 0.05) is 18.6 Å². The second-order valence-corrected chi connectivity index (χ2v) is 5.50. The van der Waals surface area contributed by atoms with E-state index in [9.17, 15) is 13.2 Å². The van der Waals surface area contributed by atoms with Gasteiger partial charge in [-0.15, -0.1) is 13.2 Å². The van der Waals surface area contributed by atoms with Crippen LogP contribution in [0.4, 0.5) is 18.9 Å². The molecule has 0 aliphatic carbocycles. The minimum Gasteiger partial charge on any atom is -0.404 e. The molecule has 3 rings (SSSR count). The number of halogens is 3. The lowest BCUT2D eigenvalue weighted by molar-refractivity contribution is -0.274. The lowest BCUT2D eigenvalue weighted by Gasteiger charge is -2.36. The summed E-state index contributed by atoms with van der Waals surface area (Å²) in [6.07, 6.45) is -2.94. The van der Waals surface area contributed by atoms with Gasteiger partial charge in [0.05, 0.1) is 11.8 Å². The molecule has 3 nitrogen and oxygen atoms in total. The molecule has 0 aromatic heterocycles. The molecular weight excluding hydrogens is 271 g/mol. The van der Waals surface area contributed by atoms with Crippen molar-refractivity contribution in [2.75, 3.05) is 18.5 Å². The van der Waals surface area contributed by atoms with Crippen LogP contribution < -0.4 is 10.1 Å². The first-order valence-corrected chi connectivity index (χ1v) is 6.64. The molecule has 0 bridgehead atoms. The van der Waals surface area contributed by atoms with Gasteiger partial charge in [-0.1, -0.05) is 12.1 Å². The van der Waals surface area contributed by atoms with E-state index in [2.05, 4.69) is 10.1 Å². The van der Waals surface area contributed by atoms with Gasteiger partial charge in [-0.2, -0.15) is 0 Å². The van der Waals surface area contributed by atoms with Crippen LogP contribution in [-0.4, -0.2) is 25.6 Å². The number of para-hydroxylation sites is 1. The molecule has 2 heterocycles. The summed E-state index contributed by atoms with van der Waals surface area (Å²) in [5.74, 6) is -0.147. The summed E-state index contributed by atoms with van der Waals surface area (Å²) >= 11 is 0. The van der Waals surface area contributed by atoms with E-state index >= 15 is 0 Å². The summed E-state index contributed by atoms with van der Waals surface area (Å²) in [6, 6.07) is 4.85. The van der Waals surface area contributed by atoms with Crippen LogP contribution in [-0.2, 0) is 10.2 Å². The lowest BCUT2D eigenvalue weighted by Crippen LogP contribution is -2.39. The molecule has 0 radical (unpaired) electrons. The van der Waals surface area contributed by atoms with Crippen molar-refractivity contribution in [1.29, 1.82) is 0 Å². The molecule has 2 unspecified atom stereocenters. The molecular formula is C14H16F3NO2. The maximum atomic E-state index is 12.4. The molecule has 110 valence electrons. The minimum atomic E-state index is -4.67. The van der Waals surface area contributed by atoms with Crippen LogP contribution in [0.25, 0.3) is 0 Å². The maximum absolute atomic E-state index is 12.4. The smallest absolute Gasteiger partial charge is 0.404 e. The van der Waals surface area contributed by atoms with Crippen molar-refractivity contribution in [3.63, 3.8) is 0 Å². The van der Waals surface area contributed by atoms with Gasteiger partial charge in [0.2, 0.25) is 0 Å². The summed E-state index contributed by atoms with van der Waals surface area (Å²) in [4.78, 5) is 0. The van der Waals surface area contributed by atoms with Gasteiger partial charge in [0.15, 0.2) is 5.75 Å². The van der Waals surface area contributed by atoms with Crippen molar-refractivity contribution in [3.05, 3.63) is 23.8 Å². The standard InChI is InChI=1S/C14H16F3NO2/c1-9-7-13(5-6-19-9)8-18-12-10(13)3-2-4-11(12)20-14(15,16)17/h2-4,9,18H,5-8H2,1H3. The van der Waals surface area contributed by atoms with Gasteiger partial charge in [0.25, 0.3) is 0 Å². The van der Waals surface area contributed by atoms with Gasteiger partial charge in [-0.3, -0.25) is 0 Å². The highest BCUT2D eigenvalue weighted by Crippen LogP contribution is 2.49. The molecule has 1 aromatic rings. The Bertz CT molecular complexity index is 518. The molecule has 1 spiro atoms. The van der Waals surface area contributed by atoms with E-state index in [1.165, 1.54) is 6.07 Å². The van der Waals surface area contributed by atoms with Crippen molar-refractivity contribution >= 4 is 5.69 Å². The largest absolute Gasteiger partial charge is 0.573 e. The van der Waals surface area contributed by atoms with Gasteiger partial charge in [-0.25, -0.2) is 0 Å². The lowest BCUT2D eigenvalue weighted by atomic mass is 9.74. The van der Waals surface area contributed by atoms with E-state index in [1.807, 2.05) is 13.0 Å². The first-order valence-electron chi connectivity index (χ1n) is 6.64. The van der Waals surface area contributed by atoms with E-state index in [0.29, 0.717) is 18.8 Å². The Balaban J connectivity index is 1.96. The van der Waals surface area contributed by atoms with E-state index in [4.69, 9.17) is 4.74 Å². The maximum Gasteiger partial charge on any atom is 0.573 e. The van der Waals surface area contributed by atoms with Gasteiger partial charge in [-0.05, 0) is 31.4 Å². The van der Waals surface area contributed by atoms with Crippen molar-refractivity contribution < 1.29 is 22.6 Å². The number of alkyl halides is 3. The zero-order chi connectivity index (χ0) is 14.4. The zero-order valence-electron chi connectivity index (χ0n) is 11.1. The minimum absolute atomic E-state index is 0.115. The van der Waals surface area contributed by atoms with Crippen LogP contribution in [0.1, 0.15) is 25.3 Å². The average Bonchev–Trinajstić information content (AvgIpc) is 2.68. The van der Waals surface area contributed by atoms with Gasteiger partial charge in [0.1, 0.15) is 0 Å². The Labute approximate surface area is 115 Å². The average molecular weight is 287 g/mol. The fourth-order valence-electron chi connectivity index (χ4n) is 3.29. The van der Waals surface area contributed by atoms with Crippen LogP contribution >= 0.6 is 0 Å². The Morgan fingerprint density at radius 2 is 2.20 bits per heavy atom. The number of fused-ring (bicyclic) bond motifs is 2. The second-order valence-electron chi connectivity index (χ2n) is 5.50. The molecule has 0 amide bonds. The molecule has 1 aromatic carbocycles. The zero-order valence-corrected chi connectivity index (χ0v) is 11.1. The monoisotopic (exact) mass is 287 g/mol. The first kappa shape index (κ1) is 13.5. The molecule has 2 aliphatic rings. The van der Waals surface area contributed by atoms with Crippen molar-refractivity contribution in [1.82, 2.24) is 0 Å². The van der Waals surface area contributed by atoms with E-state index < -0.39 is 6.36 Å². The van der Waals surface area contributed by atoms with Crippen molar-refractivity contribution in [2.45, 2.75) is 37.6 Å². The fourth-order valence-corrected chi connectivity index (χ4v) is 3.29. The quantitative estimate of drug-likeness (QED) is 0.858. The van der Waals surface area contributed by atoms with Crippen molar-refractivity contribution in [3.8, 4) is 5.75 Å². The van der Waals surface area contributed by atoms with Crippen LogP contribution in [0, 0.1) is 0 Å². The third-order valence-corrected chi connectivity index (χ3v) is 4.09. The molecule has 2 atom stereocenters. The normalized spacial score (nSPS) is 29.1. The van der Waals surface area contributed by atoms with Gasteiger partial charge < -0.3 is 14.8 Å². The topological polar surface area (TPSA) is 30.5 Å². The Morgan fingerprint density at radius 3 is 2.90 bits per heavy atom. The van der Waals surface area contributed by atoms with Gasteiger partial charge >= 0.3 is 6.36 Å². The Morgan fingerprint density at radius 1 is 1.40 bits per heavy atom. The highest BCUT2D eigenvalue weighted by atomic mass is 19.4. The number of ether oxygens (including phenoxy) is 2. The third kappa shape index (κ3) is 2.32.